The van der Waals surface area contributed by atoms with E-state index in [9.17, 15) is 0 Å². The molecule has 0 atom stereocenters. The number of nitrogens with zero attached hydrogens (tertiary/aromatic N) is 1. The van der Waals surface area contributed by atoms with Gasteiger partial charge in [0.25, 0.3) is 0 Å². The van der Waals surface area contributed by atoms with Crippen LogP contribution in [0.2, 0.25) is 0 Å². The quantitative estimate of drug-likeness (QED) is 0.613. The molecule has 0 spiro atoms. The summed E-state index contributed by atoms with van der Waals surface area (Å²) >= 11 is 0. The zero-order valence-corrected chi connectivity index (χ0v) is 7.97. The second kappa shape index (κ2) is 3.18. The SMILES string of the molecule is C=CCS(C)(C)n1cccc1. The first-order chi connectivity index (χ1) is 5.17. The van der Waals surface area contributed by atoms with Gasteiger partial charge in [0.05, 0.1) is 0 Å². The van der Waals surface area contributed by atoms with Crippen molar-refractivity contribution < 1.29 is 0 Å². The molecule has 0 fully saturated rings. The highest BCUT2D eigenvalue weighted by atomic mass is 32.3. The second-order valence-electron chi connectivity index (χ2n) is 2.98. The Hall–Kier alpha value is -0.630. The molecule has 0 N–H and O–H groups in total. The lowest BCUT2D eigenvalue weighted by molar-refractivity contribution is 1.25. The molecule has 62 valence electrons. The van der Waals surface area contributed by atoms with Gasteiger partial charge in [0.2, 0.25) is 0 Å². The van der Waals surface area contributed by atoms with E-state index in [2.05, 4.69) is 47.6 Å². The molecule has 0 saturated carbocycles. The summed E-state index contributed by atoms with van der Waals surface area (Å²) in [6.07, 6.45) is 10.8. The molecule has 0 saturated heterocycles. The average Bonchev–Trinajstić information content (AvgIpc) is 2.37. The van der Waals surface area contributed by atoms with Crippen LogP contribution < -0.4 is 0 Å². The maximum atomic E-state index is 3.76. The minimum atomic E-state index is -0.668. The zero-order chi connectivity index (χ0) is 8.32. The van der Waals surface area contributed by atoms with E-state index in [0.717, 1.165) is 5.75 Å². The van der Waals surface area contributed by atoms with Crippen LogP contribution in [0.3, 0.4) is 0 Å². The summed E-state index contributed by atoms with van der Waals surface area (Å²) in [6, 6.07) is 4.13. The Morgan fingerprint density at radius 3 is 2.36 bits per heavy atom. The molecule has 0 aliphatic carbocycles. The van der Waals surface area contributed by atoms with Crippen molar-refractivity contribution in [2.75, 3.05) is 18.3 Å². The fourth-order valence-electron chi connectivity index (χ4n) is 1.02. The van der Waals surface area contributed by atoms with Gasteiger partial charge in [-0.3, -0.25) is 0 Å². The van der Waals surface area contributed by atoms with Gasteiger partial charge in [-0.1, -0.05) is 6.08 Å². The molecular formula is C9H15NS. The third-order valence-electron chi connectivity index (χ3n) is 1.67. The Labute approximate surface area is 70.2 Å². The van der Waals surface area contributed by atoms with Gasteiger partial charge in [0.1, 0.15) is 0 Å². The maximum absolute atomic E-state index is 3.76. The first-order valence-electron chi connectivity index (χ1n) is 3.62. The van der Waals surface area contributed by atoms with Gasteiger partial charge < -0.3 is 3.97 Å². The Kier molecular flexibility index (Phi) is 2.45. The van der Waals surface area contributed by atoms with E-state index in [-0.39, 0.29) is 0 Å². The van der Waals surface area contributed by atoms with Crippen LogP contribution in [0.4, 0.5) is 0 Å². The Bertz CT molecular complexity index is 224. The Morgan fingerprint density at radius 2 is 1.91 bits per heavy atom. The predicted molar refractivity (Wildman–Crippen MR) is 54.3 cm³/mol. The first kappa shape index (κ1) is 8.47. The van der Waals surface area contributed by atoms with E-state index in [1.165, 1.54) is 0 Å². The lowest BCUT2D eigenvalue weighted by Gasteiger charge is -2.31. The van der Waals surface area contributed by atoms with Crippen molar-refractivity contribution in [3.63, 3.8) is 0 Å². The molecule has 1 rings (SSSR count). The van der Waals surface area contributed by atoms with Crippen molar-refractivity contribution in [2.24, 2.45) is 0 Å². The van der Waals surface area contributed by atoms with Gasteiger partial charge >= 0.3 is 0 Å². The van der Waals surface area contributed by atoms with Crippen molar-refractivity contribution in [1.82, 2.24) is 3.97 Å². The van der Waals surface area contributed by atoms with Crippen molar-refractivity contribution in [1.29, 1.82) is 0 Å². The molecule has 0 aliphatic rings. The molecule has 2 heteroatoms. The van der Waals surface area contributed by atoms with Crippen LogP contribution in [-0.2, 0) is 0 Å². The van der Waals surface area contributed by atoms with Crippen LogP contribution in [0, 0.1) is 0 Å². The monoisotopic (exact) mass is 169 g/mol. The molecule has 0 aromatic carbocycles. The highest BCUT2D eigenvalue weighted by Crippen LogP contribution is 2.40. The average molecular weight is 169 g/mol. The predicted octanol–water partition coefficient (Wildman–Crippen LogP) is 2.50. The molecule has 0 amide bonds. The van der Waals surface area contributed by atoms with Crippen LogP contribution in [0.15, 0.2) is 37.2 Å². The summed E-state index contributed by atoms with van der Waals surface area (Å²) in [7, 11) is -0.668. The van der Waals surface area contributed by atoms with Gasteiger partial charge in [0, 0.05) is 18.1 Å². The van der Waals surface area contributed by atoms with E-state index in [4.69, 9.17) is 0 Å². The molecule has 0 bridgehead atoms. The number of hydrogen-bond acceptors (Lipinski definition) is 0. The van der Waals surface area contributed by atoms with Gasteiger partial charge in [-0.15, -0.1) is 6.58 Å². The molecule has 1 heterocycles. The van der Waals surface area contributed by atoms with Gasteiger partial charge in [-0.05, 0) is 24.6 Å². The minimum absolute atomic E-state index is 0.668. The number of hydrogen-bond donors (Lipinski definition) is 0. The fourth-order valence-corrected chi connectivity index (χ4v) is 2.57. The zero-order valence-electron chi connectivity index (χ0n) is 7.16. The molecule has 0 radical (unpaired) electrons. The number of aromatic nitrogens is 1. The molecule has 1 aromatic heterocycles. The fraction of sp³-hybridized carbons (Fsp3) is 0.333. The van der Waals surface area contributed by atoms with Crippen LogP contribution >= 0.6 is 10.2 Å². The molecule has 1 nitrogen and oxygen atoms in total. The van der Waals surface area contributed by atoms with Crippen LogP contribution in [0.5, 0.6) is 0 Å². The van der Waals surface area contributed by atoms with E-state index < -0.39 is 10.2 Å². The molecule has 1 aromatic rings. The van der Waals surface area contributed by atoms with Crippen molar-refractivity contribution in [3.8, 4) is 0 Å². The van der Waals surface area contributed by atoms with E-state index >= 15 is 0 Å². The molecule has 11 heavy (non-hydrogen) atoms. The largest absolute Gasteiger partial charge is 0.318 e. The second-order valence-corrected chi connectivity index (χ2v) is 6.69. The molecule has 0 unspecified atom stereocenters. The van der Waals surface area contributed by atoms with E-state index in [1.54, 1.807) is 0 Å². The smallest absolute Gasteiger partial charge is 0.0139 e. The summed E-state index contributed by atoms with van der Waals surface area (Å²) < 4.78 is 2.29. The van der Waals surface area contributed by atoms with Gasteiger partial charge in [-0.2, -0.15) is 10.2 Å². The van der Waals surface area contributed by atoms with E-state index in [0.29, 0.717) is 0 Å². The standard InChI is InChI=1S/C9H15NS/c1-4-9-11(2,3)10-7-5-6-8-10/h4-8H,1,9H2,2-3H3. The van der Waals surface area contributed by atoms with Gasteiger partial charge in [-0.25, -0.2) is 0 Å². The minimum Gasteiger partial charge on any atom is -0.318 e. The summed E-state index contributed by atoms with van der Waals surface area (Å²) in [4.78, 5) is 0. The Balaban J connectivity index is 2.81. The van der Waals surface area contributed by atoms with Crippen LogP contribution in [-0.4, -0.2) is 22.2 Å². The van der Waals surface area contributed by atoms with Crippen LogP contribution in [0.1, 0.15) is 0 Å². The summed E-state index contributed by atoms with van der Waals surface area (Å²) in [5.41, 5.74) is 0. The third-order valence-corrected chi connectivity index (χ3v) is 4.11. The molecular weight excluding hydrogens is 154 g/mol. The summed E-state index contributed by atoms with van der Waals surface area (Å²) in [5, 5.41) is 0. The Morgan fingerprint density at radius 1 is 1.36 bits per heavy atom. The molecule has 0 aliphatic heterocycles. The maximum Gasteiger partial charge on any atom is 0.0139 e. The summed E-state index contributed by atoms with van der Waals surface area (Å²) in [5.74, 6) is 1.08. The normalized spacial score (nSPS) is 12.9. The summed E-state index contributed by atoms with van der Waals surface area (Å²) in [6.45, 7) is 3.76. The number of rotatable bonds is 3. The first-order valence-corrected chi connectivity index (χ1v) is 6.20. The third kappa shape index (κ3) is 1.90. The lowest BCUT2D eigenvalue weighted by atomic mass is 10.7. The van der Waals surface area contributed by atoms with E-state index in [1.807, 2.05) is 6.08 Å². The van der Waals surface area contributed by atoms with Crippen LogP contribution in [0.25, 0.3) is 0 Å². The highest BCUT2D eigenvalue weighted by Gasteiger charge is 2.09. The highest BCUT2D eigenvalue weighted by molar-refractivity contribution is 8.31. The van der Waals surface area contributed by atoms with Crippen molar-refractivity contribution >= 4 is 10.2 Å². The topological polar surface area (TPSA) is 4.93 Å². The lowest BCUT2D eigenvalue weighted by Crippen LogP contribution is -2.07. The van der Waals surface area contributed by atoms with Crippen molar-refractivity contribution in [2.45, 2.75) is 0 Å². The van der Waals surface area contributed by atoms with Crippen molar-refractivity contribution in [3.05, 3.63) is 37.2 Å². The van der Waals surface area contributed by atoms with Gasteiger partial charge in [0.15, 0.2) is 0 Å².